The van der Waals surface area contributed by atoms with Gasteiger partial charge in [-0.3, -0.25) is 4.68 Å². The van der Waals surface area contributed by atoms with Gasteiger partial charge >= 0.3 is 0 Å². The van der Waals surface area contributed by atoms with Crippen molar-refractivity contribution in [2.24, 2.45) is 0 Å². The van der Waals surface area contributed by atoms with Gasteiger partial charge in [0.05, 0.1) is 46.7 Å². The third-order valence-corrected chi connectivity index (χ3v) is 6.22. The zero-order valence-corrected chi connectivity index (χ0v) is 17.3. The molecule has 0 radical (unpaired) electrons. The van der Waals surface area contributed by atoms with Crippen LogP contribution in [0, 0.1) is 6.92 Å². The second-order valence-corrected chi connectivity index (χ2v) is 8.88. The number of nitrogens with zero attached hydrogens (tertiary/aromatic N) is 3. The Morgan fingerprint density at radius 3 is 2.72 bits per heavy atom. The number of halogens is 1. The molecule has 2 aliphatic carbocycles. The van der Waals surface area contributed by atoms with Crippen LogP contribution in [0.25, 0.3) is 22.6 Å². The summed E-state index contributed by atoms with van der Waals surface area (Å²) in [5.41, 5.74) is 3.74. The lowest BCUT2D eigenvalue weighted by atomic mass is 9.77. The van der Waals surface area contributed by atoms with Gasteiger partial charge in [0.15, 0.2) is 5.76 Å². The number of benzene rings is 1. The molecule has 1 N–H and O–H groups in total. The number of hydrogen-bond acceptors (Lipinski definition) is 5. The van der Waals surface area contributed by atoms with Crippen LogP contribution < -0.4 is 0 Å². The maximum absolute atomic E-state index is 10.1. The number of hydrogen-bond donors (Lipinski definition) is 1. The Morgan fingerprint density at radius 2 is 2.03 bits per heavy atom. The van der Waals surface area contributed by atoms with Gasteiger partial charge in [0.2, 0.25) is 0 Å². The minimum Gasteiger partial charge on any atom is -0.390 e. The summed E-state index contributed by atoms with van der Waals surface area (Å²) in [6.07, 6.45) is 5.74. The van der Waals surface area contributed by atoms with Gasteiger partial charge in [-0.15, -0.1) is 0 Å². The molecule has 0 unspecified atom stereocenters. The molecule has 2 aliphatic rings. The SMILES string of the molecule is Cc1c(-c2onc(-c3ccccc3Cl)c2COC2CC2)cnn1[C@H]1C[C@](C)(O)C1. The highest BCUT2D eigenvalue weighted by Gasteiger charge is 2.41. The molecule has 152 valence electrons. The third kappa shape index (κ3) is 3.50. The minimum absolute atomic E-state index is 0.205. The molecule has 2 aromatic heterocycles. The summed E-state index contributed by atoms with van der Waals surface area (Å²) >= 11 is 6.43. The topological polar surface area (TPSA) is 73.3 Å². The first-order valence-corrected chi connectivity index (χ1v) is 10.4. The molecule has 1 aromatic carbocycles. The van der Waals surface area contributed by atoms with Gasteiger partial charge in [0.1, 0.15) is 5.69 Å². The number of aromatic nitrogens is 3. The summed E-state index contributed by atoms with van der Waals surface area (Å²) in [4.78, 5) is 0. The monoisotopic (exact) mass is 413 g/mol. The normalized spacial score (nSPS) is 23.9. The molecule has 0 spiro atoms. The van der Waals surface area contributed by atoms with Gasteiger partial charge in [-0.1, -0.05) is 35.0 Å². The number of rotatable bonds is 6. The first kappa shape index (κ1) is 18.9. The predicted octanol–water partition coefficient (Wildman–Crippen LogP) is 4.93. The minimum atomic E-state index is -0.601. The van der Waals surface area contributed by atoms with E-state index in [1.54, 1.807) is 0 Å². The van der Waals surface area contributed by atoms with Gasteiger partial charge in [-0.25, -0.2) is 0 Å². The molecular formula is C22H24ClN3O3. The lowest BCUT2D eigenvalue weighted by Crippen LogP contribution is -2.42. The Bertz CT molecular complexity index is 1040. The van der Waals surface area contributed by atoms with Crippen LogP contribution in [0.4, 0.5) is 0 Å². The van der Waals surface area contributed by atoms with Crippen LogP contribution in [0.5, 0.6) is 0 Å². The van der Waals surface area contributed by atoms with Gasteiger partial charge in [-0.2, -0.15) is 5.10 Å². The molecule has 7 heteroatoms. The largest absolute Gasteiger partial charge is 0.390 e. The van der Waals surface area contributed by atoms with Crippen molar-refractivity contribution in [3.8, 4) is 22.6 Å². The Balaban J connectivity index is 1.53. The summed E-state index contributed by atoms with van der Waals surface area (Å²) in [6.45, 7) is 4.31. The summed E-state index contributed by atoms with van der Waals surface area (Å²) in [7, 11) is 0. The standard InChI is InChI=1S/C22H24ClN3O3/c1-13-17(11-24-26(13)14-9-22(2,27)10-14)21-18(12-28-15-7-8-15)20(25-29-21)16-5-3-4-6-19(16)23/h3-6,11,14-15,27H,7-10,12H2,1-2H3/t14-,22-. The lowest BCUT2D eigenvalue weighted by Gasteiger charge is -2.41. The highest BCUT2D eigenvalue weighted by molar-refractivity contribution is 6.33. The summed E-state index contributed by atoms with van der Waals surface area (Å²) in [6, 6.07) is 7.83. The fraction of sp³-hybridized carbons (Fsp3) is 0.455. The van der Waals surface area contributed by atoms with Crippen LogP contribution in [0.2, 0.25) is 5.02 Å². The molecule has 0 atom stereocenters. The molecule has 5 rings (SSSR count). The lowest BCUT2D eigenvalue weighted by molar-refractivity contribution is -0.0548. The molecule has 6 nitrogen and oxygen atoms in total. The summed E-state index contributed by atoms with van der Waals surface area (Å²) < 4.78 is 13.8. The first-order valence-electron chi connectivity index (χ1n) is 10.0. The Kier molecular flexibility index (Phi) is 4.53. The Labute approximate surface area is 174 Å². The summed E-state index contributed by atoms with van der Waals surface area (Å²) in [5.74, 6) is 0.676. The molecular weight excluding hydrogens is 390 g/mol. The first-order chi connectivity index (χ1) is 13.9. The van der Waals surface area contributed by atoms with Crippen molar-refractivity contribution < 1.29 is 14.4 Å². The van der Waals surface area contributed by atoms with Crippen molar-refractivity contribution in [3.05, 3.63) is 46.7 Å². The van der Waals surface area contributed by atoms with Crippen molar-refractivity contribution >= 4 is 11.6 Å². The van der Waals surface area contributed by atoms with Gasteiger partial charge in [-0.05, 0) is 45.6 Å². The Hall–Kier alpha value is -2.15. The van der Waals surface area contributed by atoms with Gasteiger partial charge in [0.25, 0.3) is 0 Å². The van der Waals surface area contributed by atoms with E-state index in [-0.39, 0.29) is 6.04 Å². The third-order valence-electron chi connectivity index (χ3n) is 5.89. The molecule has 2 saturated carbocycles. The van der Waals surface area contributed by atoms with Crippen LogP contribution in [-0.4, -0.2) is 31.7 Å². The fourth-order valence-electron chi connectivity index (χ4n) is 4.10. The van der Waals surface area contributed by atoms with Crippen LogP contribution >= 0.6 is 11.6 Å². The average Bonchev–Trinajstić information content (AvgIpc) is 3.29. The van der Waals surface area contributed by atoms with Crippen molar-refractivity contribution in [3.63, 3.8) is 0 Å². The molecule has 0 aliphatic heterocycles. The van der Waals surface area contributed by atoms with Crippen molar-refractivity contribution in [2.45, 2.75) is 63.9 Å². The highest BCUT2D eigenvalue weighted by Crippen LogP contribution is 2.43. The van der Waals surface area contributed by atoms with E-state index in [0.29, 0.717) is 42.0 Å². The van der Waals surface area contributed by atoms with Crippen LogP contribution in [0.15, 0.2) is 35.0 Å². The van der Waals surface area contributed by atoms with Crippen LogP contribution in [-0.2, 0) is 11.3 Å². The van der Waals surface area contributed by atoms with E-state index in [1.165, 1.54) is 0 Å². The molecule has 2 fully saturated rings. The van der Waals surface area contributed by atoms with Crippen LogP contribution in [0.3, 0.4) is 0 Å². The van der Waals surface area contributed by atoms with E-state index in [4.69, 9.17) is 20.9 Å². The molecule has 0 saturated heterocycles. The maximum atomic E-state index is 10.1. The van der Waals surface area contributed by atoms with Gasteiger partial charge < -0.3 is 14.4 Å². The number of ether oxygens (including phenoxy) is 1. The fourth-order valence-corrected chi connectivity index (χ4v) is 4.32. The van der Waals surface area contributed by atoms with E-state index in [9.17, 15) is 5.11 Å². The number of aliphatic hydroxyl groups is 1. The van der Waals surface area contributed by atoms with E-state index in [2.05, 4.69) is 10.3 Å². The molecule has 29 heavy (non-hydrogen) atoms. The van der Waals surface area contributed by atoms with E-state index in [0.717, 1.165) is 35.2 Å². The zero-order valence-electron chi connectivity index (χ0n) is 16.6. The zero-order chi connectivity index (χ0) is 20.2. The van der Waals surface area contributed by atoms with E-state index in [1.807, 2.05) is 49.0 Å². The van der Waals surface area contributed by atoms with Crippen molar-refractivity contribution in [1.82, 2.24) is 14.9 Å². The van der Waals surface area contributed by atoms with E-state index < -0.39 is 5.60 Å². The maximum Gasteiger partial charge on any atom is 0.176 e. The van der Waals surface area contributed by atoms with Crippen LogP contribution in [0.1, 0.15) is 49.9 Å². The average molecular weight is 414 g/mol. The second-order valence-electron chi connectivity index (χ2n) is 8.48. The van der Waals surface area contributed by atoms with Crippen molar-refractivity contribution in [2.75, 3.05) is 0 Å². The second kappa shape index (κ2) is 6.97. The van der Waals surface area contributed by atoms with Gasteiger partial charge in [0, 0.05) is 11.3 Å². The predicted molar refractivity (Wildman–Crippen MR) is 110 cm³/mol. The Morgan fingerprint density at radius 1 is 1.28 bits per heavy atom. The molecule has 0 bridgehead atoms. The smallest absolute Gasteiger partial charge is 0.176 e. The quantitative estimate of drug-likeness (QED) is 0.620. The van der Waals surface area contributed by atoms with Crippen molar-refractivity contribution in [1.29, 1.82) is 0 Å². The molecule has 3 aromatic rings. The molecule has 0 amide bonds. The highest BCUT2D eigenvalue weighted by atomic mass is 35.5. The molecule has 2 heterocycles. The summed E-state index contributed by atoms with van der Waals surface area (Å²) in [5, 5.41) is 19.7. The van der Waals surface area contributed by atoms with E-state index >= 15 is 0 Å².